The summed E-state index contributed by atoms with van der Waals surface area (Å²) in [5, 5.41) is 10.1. The summed E-state index contributed by atoms with van der Waals surface area (Å²) < 4.78 is 10.7. The van der Waals surface area contributed by atoms with E-state index in [0.29, 0.717) is 0 Å². The second-order valence-corrected chi connectivity index (χ2v) is 7.31. The molecule has 0 aromatic heterocycles. The Balaban J connectivity index is 1.99. The van der Waals surface area contributed by atoms with Gasteiger partial charge in [0.05, 0.1) is 23.7 Å². The summed E-state index contributed by atoms with van der Waals surface area (Å²) in [7, 11) is 3.18. The van der Waals surface area contributed by atoms with E-state index in [1.807, 2.05) is 26.0 Å². The summed E-state index contributed by atoms with van der Waals surface area (Å²) in [5.74, 6) is -0.112. The Morgan fingerprint density at radius 1 is 1.23 bits per heavy atom. The minimum Gasteiger partial charge on any atom is -0.468 e. The fourth-order valence-electron chi connectivity index (χ4n) is 2.49. The van der Waals surface area contributed by atoms with Gasteiger partial charge in [-0.05, 0) is 53.4 Å². The molecule has 0 spiro atoms. The lowest BCUT2D eigenvalue weighted by Crippen LogP contribution is -2.48. The van der Waals surface area contributed by atoms with Crippen molar-refractivity contribution in [1.82, 2.24) is 0 Å². The molecule has 0 aromatic carbocycles. The number of hydrogen-bond donors (Lipinski definition) is 1. The number of carbonyl (C=O) groups excluding carboxylic acids is 1. The molecule has 2 aliphatic carbocycles. The third-order valence-corrected chi connectivity index (χ3v) is 5.10. The van der Waals surface area contributed by atoms with E-state index in [1.54, 1.807) is 21.3 Å². The predicted octanol–water partition coefficient (Wildman–Crippen LogP) is 2.73. The molecule has 0 amide bonds. The summed E-state index contributed by atoms with van der Waals surface area (Å²) in [6, 6.07) is 0. The Labute approximate surface area is 133 Å². The highest BCUT2D eigenvalue weighted by atomic mass is 16.5. The van der Waals surface area contributed by atoms with Crippen molar-refractivity contribution >= 4 is 13.5 Å². The lowest BCUT2D eigenvalue weighted by Gasteiger charge is -2.38. The topological polar surface area (TPSA) is 55.8 Å². The number of aliphatic hydroxyl groups is 1. The smallest absolute Gasteiger partial charge is 0.326 e. The Bertz CT molecular complexity index is 507. The fraction of sp³-hybridized carbons (Fsp3) is 0.706. The quantitative estimate of drug-likeness (QED) is 0.605. The van der Waals surface area contributed by atoms with Crippen LogP contribution in [0.5, 0.6) is 0 Å². The predicted molar refractivity (Wildman–Crippen MR) is 86.3 cm³/mol. The lowest BCUT2D eigenvalue weighted by molar-refractivity contribution is -0.145. The van der Waals surface area contributed by atoms with Crippen molar-refractivity contribution in [2.24, 2.45) is 5.41 Å². The molecule has 1 fully saturated rings. The monoisotopic (exact) mass is 305 g/mol. The van der Waals surface area contributed by atoms with Gasteiger partial charge in [-0.3, -0.25) is 4.79 Å². The van der Waals surface area contributed by atoms with E-state index in [2.05, 4.69) is 0 Å². The van der Waals surface area contributed by atoms with E-state index >= 15 is 0 Å². The number of methoxy groups -OCH3 is 1. The zero-order chi connectivity index (χ0) is 16.6. The van der Waals surface area contributed by atoms with Gasteiger partial charge in [0.15, 0.2) is 0 Å². The second-order valence-electron chi connectivity index (χ2n) is 7.31. The summed E-state index contributed by atoms with van der Waals surface area (Å²) in [5.41, 5.74) is 0.286. The molecule has 121 valence electrons. The van der Waals surface area contributed by atoms with Gasteiger partial charge in [0, 0.05) is 0 Å². The first-order chi connectivity index (χ1) is 10.1. The van der Waals surface area contributed by atoms with Crippen LogP contribution in [0.25, 0.3) is 0 Å². The first kappa shape index (κ1) is 17.3. The Morgan fingerprint density at radius 3 is 2.27 bits per heavy atom. The Morgan fingerprint density at radius 2 is 1.86 bits per heavy atom. The van der Waals surface area contributed by atoms with E-state index < -0.39 is 11.2 Å². The Hall–Kier alpha value is -1.07. The molecule has 1 saturated carbocycles. The van der Waals surface area contributed by atoms with Crippen molar-refractivity contribution in [3.8, 4) is 0 Å². The van der Waals surface area contributed by atoms with Crippen molar-refractivity contribution in [3.05, 3.63) is 23.2 Å². The number of rotatable bonds is 6. The average Bonchev–Trinajstić information content (AvgIpc) is 3.25. The molecule has 0 saturated heterocycles. The molecule has 1 N–H and O–H groups in total. The highest BCUT2D eigenvalue weighted by molar-refractivity contribution is 6.38. The van der Waals surface area contributed by atoms with Gasteiger partial charge in [0.1, 0.15) is 0 Å². The van der Waals surface area contributed by atoms with Crippen LogP contribution in [0.3, 0.4) is 0 Å². The third kappa shape index (κ3) is 3.30. The van der Waals surface area contributed by atoms with Crippen LogP contribution in [-0.2, 0) is 14.2 Å². The molecule has 22 heavy (non-hydrogen) atoms. The van der Waals surface area contributed by atoms with Gasteiger partial charge >= 0.3 is 13.5 Å². The van der Waals surface area contributed by atoms with Crippen molar-refractivity contribution in [1.29, 1.82) is 0 Å². The minimum absolute atomic E-state index is 0.112. The van der Waals surface area contributed by atoms with E-state index in [4.69, 9.17) is 9.39 Å². The standard InChI is InChI=1S/C17H26BO4/c1-15(2,20)16(3,4)22-18-13-8-6-12(7-9-13)17(10-11-17)14(19)21-5/h6,8,20H,7,9-11H2,1-5H3. The molecule has 2 rings (SSSR count). The number of carbonyl (C=O) groups is 1. The summed E-state index contributed by atoms with van der Waals surface area (Å²) in [6.07, 6.45) is 7.50. The maximum absolute atomic E-state index is 11.9. The maximum atomic E-state index is 11.9. The van der Waals surface area contributed by atoms with Gasteiger partial charge in [0.2, 0.25) is 0 Å². The van der Waals surface area contributed by atoms with E-state index in [9.17, 15) is 9.90 Å². The van der Waals surface area contributed by atoms with Crippen molar-refractivity contribution in [3.63, 3.8) is 0 Å². The minimum atomic E-state index is -0.928. The van der Waals surface area contributed by atoms with Gasteiger partial charge in [-0.25, -0.2) is 0 Å². The molecule has 1 radical (unpaired) electrons. The van der Waals surface area contributed by atoms with Gasteiger partial charge in [-0.2, -0.15) is 0 Å². The van der Waals surface area contributed by atoms with Crippen LogP contribution in [0.1, 0.15) is 53.4 Å². The van der Waals surface area contributed by atoms with Crippen molar-refractivity contribution in [2.75, 3.05) is 7.11 Å². The lowest BCUT2D eigenvalue weighted by atomic mass is 9.75. The van der Waals surface area contributed by atoms with Crippen LogP contribution in [0, 0.1) is 5.41 Å². The Kier molecular flexibility index (Phi) is 4.60. The maximum Gasteiger partial charge on any atom is 0.326 e. The number of ether oxygens (including phenoxy) is 1. The van der Waals surface area contributed by atoms with Crippen LogP contribution in [-0.4, -0.2) is 36.9 Å². The van der Waals surface area contributed by atoms with Gasteiger partial charge in [-0.15, -0.1) is 0 Å². The molecule has 0 heterocycles. The van der Waals surface area contributed by atoms with Crippen LogP contribution < -0.4 is 0 Å². The highest BCUT2D eigenvalue weighted by Crippen LogP contribution is 2.55. The largest absolute Gasteiger partial charge is 0.468 e. The van der Waals surface area contributed by atoms with E-state index in [-0.39, 0.29) is 11.4 Å². The van der Waals surface area contributed by atoms with Gasteiger partial charge < -0.3 is 14.5 Å². The van der Waals surface area contributed by atoms with Crippen molar-refractivity contribution < 1.29 is 19.3 Å². The van der Waals surface area contributed by atoms with Crippen molar-refractivity contribution in [2.45, 2.75) is 64.6 Å². The summed E-state index contributed by atoms with van der Waals surface area (Å²) >= 11 is 0. The molecular formula is C17H26BO4. The van der Waals surface area contributed by atoms with Crippen LogP contribution >= 0.6 is 0 Å². The van der Waals surface area contributed by atoms with Gasteiger partial charge in [-0.1, -0.05) is 23.2 Å². The fourth-order valence-corrected chi connectivity index (χ4v) is 2.49. The molecule has 2 aliphatic rings. The molecule has 0 aliphatic heterocycles. The summed E-state index contributed by atoms with van der Waals surface area (Å²) in [4.78, 5) is 11.9. The third-order valence-electron chi connectivity index (χ3n) is 5.10. The van der Waals surface area contributed by atoms with Gasteiger partial charge in [0.25, 0.3) is 0 Å². The molecular weight excluding hydrogens is 279 g/mol. The highest BCUT2D eigenvalue weighted by Gasteiger charge is 2.53. The molecule has 5 heteroatoms. The zero-order valence-electron chi connectivity index (χ0n) is 14.2. The van der Waals surface area contributed by atoms with Crippen LogP contribution in [0.15, 0.2) is 23.2 Å². The number of allylic oxidation sites excluding steroid dienone is 3. The molecule has 0 bridgehead atoms. The molecule has 4 nitrogen and oxygen atoms in total. The molecule has 0 unspecified atom stereocenters. The van der Waals surface area contributed by atoms with E-state index in [0.717, 1.165) is 31.2 Å². The summed E-state index contributed by atoms with van der Waals surface area (Å²) in [6.45, 7) is 7.21. The van der Waals surface area contributed by atoms with Crippen LogP contribution in [0.4, 0.5) is 0 Å². The average molecular weight is 305 g/mol. The molecule has 0 atom stereocenters. The number of esters is 1. The first-order valence-corrected chi connectivity index (χ1v) is 7.84. The molecule has 0 aromatic rings. The van der Waals surface area contributed by atoms with E-state index in [1.165, 1.54) is 12.7 Å². The SMILES string of the molecule is COC(=O)C1(C2=CC=C([B]OC(C)(C)C(C)(C)O)CC2)CC1. The van der Waals surface area contributed by atoms with Crippen LogP contribution in [0.2, 0.25) is 0 Å². The second kappa shape index (κ2) is 5.86. The number of hydrogen-bond acceptors (Lipinski definition) is 4. The normalized spacial score (nSPS) is 20.8. The zero-order valence-corrected chi connectivity index (χ0v) is 14.2. The first-order valence-electron chi connectivity index (χ1n) is 7.84.